The first-order chi connectivity index (χ1) is 6.66. The second-order valence-electron chi connectivity index (χ2n) is 3.67. The third-order valence-corrected chi connectivity index (χ3v) is 2.50. The summed E-state index contributed by atoms with van der Waals surface area (Å²) >= 11 is 0. The van der Waals surface area contributed by atoms with E-state index in [-0.39, 0.29) is 6.10 Å². The van der Waals surface area contributed by atoms with Crippen LogP contribution in [-0.4, -0.2) is 33.9 Å². The van der Waals surface area contributed by atoms with E-state index in [0.29, 0.717) is 6.54 Å². The molecule has 4 nitrogen and oxygen atoms in total. The Morgan fingerprint density at radius 1 is 1.64 bits per heavy atom. The second-order valence-corrected chi connectivity index (χ2v) is 3.67. The lowest BCUT2D eigenvalue weighted by Gasteiger charge is -2.16. The first kappa shape index (κ1) is 9.43. The molecule has 76 valence electrons. The standard InChI is InChI=1S/C10H15N3O/c1-7-12-10(6-13(7)2)8-3-9(14)5-11-4-8/h3,6,9,11,14H,4-5H2,1-2H3. The molecule has 1 aromatic rings. The van der Waals surface area contributed by atoms with Gasteiger partial charge in [0.1, 0.15) is 5.82 Å². The minimum atomic E-state index is -0.388. The molecule has 1 unspecified atom stereocenters. The van der Waals surface area contributed by atoms with Gasteiger partial charge in [-0.05, 0) is 18.6 Å². The number of aliphatic hydroxyl groups excluding tert-OH is 1. The Kier molecular flexibility index (Phi) is 2.39. The van der Waals surface area contributed by atoms with Gasteiger partial charge in [-0.1, -0.05) is 0 Å². The van der Waals surface area contributed by atoms with E-state index in [1.807, 2.05) is 30.8 Å². The molecule has 2 heterocycles. The molecule has 0 fully saturated rings. The number of hydrogen-bond acceptors (Lipinski definition) is 3. The zero-order valence-corrected chi connectivity index (χ0v) is 8.49. The summed E-state index contributed by atoms with van der Waals surface area (Å²) in [5, 5.41) is 12.6. The van der Waals surface area contributed by atoms with Crippen molar-refractivity contribution in [2.45, 2.75) is 13.0 Å². The SMILES string of the molecule is Cc1nc(C2=CC(O)CNC2)cn1C. The van der Waals surface area contributed by atoms with E-state index >= 15 is 0 Å². The molecule has 0 radical (unpaired) electrons. The van der Waals surface area contributed by atoms with Gasteiger partial charge in [-0.3, -0.25) is 0 Å². The monoisotopic (exact) mass is 193 g/mol. The number of imidazole rings is 1. The van der Waals surface area contributed by atoms with Crippen LogP contribution < -0.4 is 5.32 Å². The molecule has 1 atom stereocenters. The van der Waals surface area contributed by atoms with Crippen molar-refractivity contribution in [3.63, 3.8) is 0 Å². The summed E-state index contributed by atoms with van der Waals surface area (Å²) in [6, 6.07) is 0. The van der Waals surface area contributed by atoms with Gasteiger partial charge in [0.15, 0.2) is 0 Å². The third-order valence-electron chi connectivity index (χ3n) is 2.50. The van der Waals surface area contributed by atoms with Crippen LogP contribution in [0.1, 0.15) is 11.5 Å². The largest absolute Gasteiger partial charge is 0.388 e. The minimum absolute atomic E-state index is 0.388. The van der Waals surface area contributed by atoms with Gasteiger partial charge in [-0.25, -0.2) is 4.98 Å². The third kappa shape index (κ3) is 1.71. The van der Waals surface area contributed by atoms with Crippen LogP contribution in [0, 0.1) is 6.92 Å². The molecule has 0 bridgehead atoms. The fraction of sp³-hybridized carbons (Fsp3) is 0.500. The average Bonchev–Trinajstić information content (AvgIpc) is 2.47. The van der Waals surface area contributed by atoms with Gasteiger partial charge >= 0.3 is 0 Å². The minimum Gasteiger partial charge on any atom is -0.388 e. The number of aliphatic hydroxyl groups is 1. The van der Waals surface area contributed by atoms with Crippen molar-refractivity contribution in [2.75, 3.05) is 13.1 Å². The fourth-order valence-corrected chi connectivity index (χ4v) is 1.59. The van der Waals surface area contributed by atoms with E-state index in [0.717, 1.165) is 23.6 Å². The number of rotatable bonds is 1. The Morgan fingerprint density at radius 2 is 2.43 bits per heavy atom. The van der Waals surface area contributed by atoms with Crippen LogP contribution in [0.3, 0.4) is 0 Å². The highest BCUT2D eigenvalue weighted by Crippen LogP contribution is 2.15. The Morgan fingerprint density at radius 3 is 3.00 bits per heavy atom. The lowest BCUT2D eigenvalue weighted by molar-refractivity contribution is 0.217. The number of β-amino-alcohol motifs (C(OH)–C–C–N with tert-alkyl or cyclic N) is 1. The summed E-state index contributed by atoms with van der Waals surface area (Å²) in [4.78, 5) is 4.41. The van der Waals surface area contributed by atoms with Crippen molar-refractivity contribution < 1.29 is 5.11 Å². The van der Waals surface area contributed by atoms with Gasteiger partial charge in [-0.15, -0.1) is 0 Å². The van der Waals surface area contributed by atoms with E-state index in [1.54, 1.807) is 0 Å². The first-order valence-corrected chi connectivity index (χ1v) is 4.76. The van der Waals surface area contributed by atoms with Gasteiger partial charge in [0.2, 0.25) is 0 Å². The molecule has 0 saturated carbocycles. The second kappa shape index (κ2) is 3.55. The molecule has 1 aromatic heterocycles. The summed E-state index contributed by atoms with van der Waals surface area (Å²) < 4.78 is 1.98. The zero-order valence-electron chi connectivity index (χ0n) is 8.49. The van der Waals surface area contributed by atoms with Crippen LogP contribution in [0.4, 0.5) is 0 Å². The van der Waals surface area contributed by atoms with Crippen molar-refractivity contribution in [3.05, 3.63) is 23.8 Å². The molecule has 1 aliphatic rings. The number of aryl methyl sites for hydroxylation is 2. The van der Waals surface area contributed by atoms with Crippen LogP contribution in [-0.2, 0) is 7.05 Å². The molecule has 2 rings (SSSR count). The predicted octanol–water partition coefficient (Wildman–Crippen LogP) is 0.0760. The highest BCUT2D eigenvalue weighted by molar-refractivity contribution is 5.65. The van der Waals surface area contributed by atoms with Crippen molar-refractivity contribution in [1.29, 1.82) is 0 Å². The maximum absolute atomic E-state index is 9.44. The number of hydrogen-bond donors (Lipinski definition) is 2. The summed E-state index contributed by atoms with van der Waals surface area (Å²) in [5.41, 5.74) is 2.03. The fourth-order valence-electron chi connectivity index (χ4n) is 1.59. The maximum atomic E-state index is 9.44. The molecule has 0 spiro atoms. The summed E-state index contributed by atoms with van der Waals surface area (Å²) in [7, 11) is 1.97. The first-order valence-electron chi connectivity index (χ1n) is 4.76. The molecule has 2 N–H and O–H groups in total. The average molecular weight is 193 g/mol. The van der Waals surface area contributed by atoms with E-state index < -0.39 is 0 Å². The van der Waals surface area contributed by atoms with E-state index in [2.05, 4.69) is 10.3 Å². The van der Waals surface area contributed by atoms with Crippen LogP contribution in [0.2, 0.25) is 0 Å². The van der Waals surface area contributed by atoms with Crippen molar-refractivity contribution in [1.82, 2.24) is 14.9 Å². The van der Waals surface area contributed by atoms with Crippen molar-refractivity contribution >= 4 is 5.57 Å². The van der Waals surface area contributed by atoms with E-state index in [4.69, 9.17) is 0 Å². The Balaban J connectivity index is 2.30. The lowest BCUT2D eigenvalue weighted by Crippen LogP contribution is -2.31. The molecule has 0 saturated heterocycles. The summed E-state index contributed by atoms with van der Waals surface area (Å²) in [6.07, 6.45) is 3.47. The molecule has 0 amide bonds. The Hall–Kier alpha value is -1.13. The van der Waals surface area contributed by atoms with Crippen molar-refractivity contribution in [3.8, 4) is 0 Å². The molecule has 0 aliphatic carbocycles. The Bertz CT molecular complexity index is 348. The molecular weight excluding hydrogens is 178 g/mol. The van der Waals surface area contributed by atoms with E-state index in [9.17, 15) is 5.11 Å². The topological polar surface area (TPSA) is 50.1 Å². The predicted molar refractivity (Wildman–Crippen MR) is 54.8 cm³/mol. The highest BCUT2D eigenvalue weighted by atomic mass is 16.3. The quantitative estimate of drug-likeness (QED) is 0.664. The van der Waals surface area contributed by atoms with Gasteiger partial charge in [0.25, 0.3) is 0 Å². The maximum Gasteiger partial charge on any atom is 0.105 e. The summed E-state index contributed by atoms with van der Waals surface area (Å²) in [5.74, 6) is 0.987. The van der Waals surface area contributed by atoms with Crippen LogP contribution in [0.25, 0.3) is 5.57 Å². The number of aromatic nitrogens is 2. The van der Waals surface area contributed by atoms with Crippen LogP contribution in [0.5, 0.6) is 0 Å². The molecule has 4 heteroatoms. The summed E-state index contributed by atoms with van der Waals surface area (Å²) in [6.45, 7) is 3.39. The number of nitrogens with one attached hydrogen (secondary N) is 1. The van der Waals surface area contributed by atoms with Crippen LogP contribution in [0.15, 0.2) is 12.3 Å². The van der Waals surface area contributed by atoms with Gasteiger partial charge in [0, 0.05) is 26.3 Å². The zero-order chi connectivity index (χ0) is 10.1. The molecule has 0 aromatic carbocycles. The van der Waals surface area contributed by atoms with Gasteiger partial charge in [-0.2, -0.15) is 0 Å². The van der Waals surface area contributed by atoms with Gasteiger partial charge in [0.05, 0.1) is 11.8 Å². The Labute approximate surface area is 83.3 Å². The van der Waals surface area contributed by atoms with E-state index in [1.165, 1.54) is 0 Å². The van der Waals surface area contributed by atoms with Crippen molar-refractivity contribution in [2.24, 2.45) is 7.05 Å². The molecule has 14 heavy (non-hydrogen) atoms. The normalized spacial score (nSPS) is 22.2. The molecular formula is C10H15N3O. The van der Waals surface area contributed by atoms with Crippen LogP contribution >= 0.6 is 0 Å². The highest BCUT2D eigenvalue weighted by Gasteiger charge is 2.13. The van der Waals surface area contributed by atoms with Gasteiger partial charge < -0.3 is 15.0 Å². The smallest absolute Gasteiger partial charge is 0.105 e. The number of nitrogens with zero attached hydrogens (tertiary/aromatic N) is 2. The molecule has 1 aliphatic heterocycles. The lowest BCUT2D eigenvalue weighted by atomic mass is 10.1.